The first-order valence-corrected chi connectivity index (χ1v) is 5.24. The maximum absolute atomic E-state index is 13.4. The Morgan fingerprint density at radius 3 is 2.00 bits per heavy atom. The molecule has 1 saturated heterocycles. The highest BCUT2D eigenvalue weighted by molar-refractivity contribution is 5.28. The molecule has 1 aromatic carbocycles. The van der Waals surface area contributed by atoms with Gasteiger partial charge in [-0.25, -0.2) is 0 Å². The van der Waals surface area contributed by atoms with Crippen molar-refractivity contribution >= 4 is 0 Å². The number of hydrogen-bond acceptors (Lipinski definition) is 3. The van der Waals surface area contributed by atoms with Crippen molar-refractivity contribution in [2.24, 2.45) is 0 Å². The molecule has 2 atom stereocenters. The Bertz CT molecular complexity index is 486. The third-order valence-corrected chi connectivity index (χ3v) is 2.65. The molecule has 2 rings (SSSR count). The van der Waals surface area contributed by atoms with Gasteiger partial charge in [-0.3, -0.25) is 9.47 Å². The van der Waals surface area contributed by atoms with Gasteiger partial charge >= 0.3 is 18.1 Å². The van der Waals surface area contributed by atoms with Gasteiger partial charge in [0.1, 0.15) is 5.75 Å². The van der Waals surface area contributed by atoms with Gasteiger partial charge in [0.05, 0.1) is 7.11 Å². The minimum atomic E-state index is -5.93. The molecule has 9 heteroatoms. The summed E-state index contributed by atoms with van der Waals surface area (Å²) in [5.41, 5.74) is -0.200. The fourth-order valence-electron chi connectivity index (χ4n) is 1.58. The molecule has 1 fully saturated rings. The number of alkyl halides is 6. The summed E-state index contributed by atoms with van der Waals surface area (Å²) in [5, 5.41) is 0. The SMILES string of the molecule is COc1ccc(C2OC(F)(F)C(F)(C(F)(F)F)O2)cc1. The smallest absolute Gasteiger partial charge is 0.458 e. The fraction of sp³-hybridized carbons (Fsp3) is 0.455. The number of halogens is 6. The Balaban J connectivity index is 2.29. The Kier molecular flexibility index (Phi) is 3.37. The standard InChI is InChI=1S/C11H8F6O3/c1-18-7-4-2-6(3-5-7)8-19-9(12,10(13,14)15)11(16,17)20-8/h2-5,8H,1H3. The predicted molar refractivity (Wildman–Crippen MR) is 52.7 cm³/mol. The van der Waals surface area contributed by atoms with Crippen molar-refractivity contribution in [3.8, 4) is 5.75 Å². The molecule has 0 aromatic heterocycles. The van der Waals surface area contributed by atoms with Crippen LogP contribution in [0.2, 0.25) is 0 Å². The number of hydrogen-bond donors (Lipinski definition) is 0. The predicted octanol–water partition coefficient (Wildman–Crippen LogP) is 3.56. The molecule has 0 spiro atoms. The molecule has 0 saturated carbocycles. The van der Waals surface area contributed by atoms with Crippen molar-refractivity contribution in [1.29, 1.82) is 0 Å². The van der Waals surface area contributed by atoms with E-state index in [0.717, 1.165) is 12.1 Å². The van der Waals surface area contributed by atoms with Crippen LogP contribution in [-0.2, 0) is 9.47 Å². The molecule has 1 aliphatic rings. The summed E-state index contributed by atoms with van der Waals surface area (Å²) in [4.78, 5) is 0. The molecule has 0 bridgehead atoms. The molecule has 2 unspecified atom stereocenters. The highest BCUT2D eigenvalue weighted by Crippen LogP contribution is 2.55. The van der Waals surface area contributed by atoms with E-state index >= 15 is 0 Å². The average Bonchev–Trinajstić information content (AvgIpc) is 2.61. The Labute approximate surface area is 109 Å². The van der Waals surface area contributed by atoms with Crippen LogP contribution in [0.15, 0.2) is 24.3 Å². The molecule has 0 amide bonds. The van der Waals surface area contributed by atoms with Crippen molar-refractivity contribution < 1.29 is 40.6 Å². The highest BCUT2D eigenvalue weighted by Gasteiger charge is 2.79. The van der Waals surface area contributed by atoms with Crippen molar-refractivity contribution in [3.05, 3.63) is 29.8 Å². The van der Waals surface area contributed by atoms with Gasteiger partial charge in [0.25, 0.3) is 0 Å². The molecule has 1 aromatic rings. The van der Waals surface area contributed by atoms with Crippen molar-refractivity contribution in [2.45, 2.75) is 24.4 Å². The lowest BCUT2D eigenvalue weighted by molar-refractivity contribution is -0.393. The summed E-state index contributed by atoms with van der Waals surface area (Å²) in [6, 6.07) is 4.82. The van der Waals surface area contributed by atoms with Crippen LogP contribution in [0.25, 0.3) is 0 Å². The molecular weight excluding hydrogens is 294 g/mol. The van der Waals surface area contributed by atoms with Crippen LogP contribution in [0.5, 0.6) is 5.75 Å². The minimum Gasteiger partial charge on any atom is -0.497 e. The third kappa shape index (κ3) is 2.20. The zero-order valence-electron chi connectivity index (χ0n) is 9.88. The van der Waals surface area contributed by atoms with E-state index in [9.17, 15) is 26.3 Å². The van der Waals surface area contributed by atoms with E-state index in [1.165, 1.54) is 19.2 Å². The number of benzene rings is 1. The molecule has 112 valence electrons. The lowest BCUT2D eigenvalue weighted by Gasteiger charge is -2.24. The van der Waals surface area contributed by atoms with Crippen LogP contribution in [0, 0.1) is 0 Å². The van der Waals surface area contributed by atoms with Gasteiger partial charge < -0.3 is 4.74 Å². The second-order valence-electron chi connectivity index (χ2n) is 3.95. The normalized spacial score (nSPS) is 29.4. The van der Waals surface area contributed by atoms with Crippen LogP contribution in [0.1, 0.15) is 11.9 Å². The van der Waals surface area contributed by atoms with Gasteiger partial charge in [0.15, 0.2) is 6.29 Å². The largest absolute Gasteiger partial charge is 0.497 e. The van der Waals surface area contributed by atoms with Gasteiger partial charge in [0, 0.05) is 5.56 Å². The molecule has 1 heterocycles. The molecule has 1 aliphatic heterocycles. The summed E-state index contributed by atoms with van der Waals surface area (Å²) >= 11 is 0. The van der Waals surface area contributed by atoms with E-state index in [1.807, 2.05) is 0 Å². The maximum Gasteiger partial charge on any atom is 0.458 e. The van der Waals surface area contributed by atoms with E-state index in [1.54, 1.807) is 0 Å². The summed E-state index contributed by atoms with van der Waals surface area (Å²) in [6.07, 6.45) is -13.3. The first-order chi connectivity index (χ1) is 9.11. The topological polar surface area (TPSA) is 27.7 Å². The van der Waals surface area contributed by atoms with Crippen molar-refractivity contribution in [2.75, 3.05) is 7.11 Å². The first-order valence-electron chi connectivity index (χ1n) is 5.24. The molecule has 0 N–H and O–H groups in total. The van der Waals surface area contributed by atoms with E-state index in [-0.39, 0.29) is 5.56 Å². The van der Waals surface area contributed by atoms with Crippen LogP contribution in [-0.4, -0.2) is 25.2 Å². The van der Waals surface area contributed by atoms with Crippen LogP contribution >= 0.6 is 0 Å². The van der Waals surface area contributed by atoms with E-state index in [0.29, 0.717) is 5.75 Å². The molecule has 0 aliphatic carbocycles. The van der Waals surface area contributed by atoms with Crippen LogP contribution in [0.3, 0.4) is 0 Å². The summed E-state index contributed by atoms with van der Waals surface area (Å²) < 4.78 is 89.1. The van der Waals surface area contributed by atoms with Crippen molar-refractivity contribution in [1.82, 2.24) is 0 Å². The van der Waals surface area contributed by atoms with Gasteiger partial charge in [-0.1, -0.05) is 12.1 Å². The first kappa shape index (κ1) is 14.9. The molecule has 0 radical (unpaired) electrons. The number of ether oxygens (including phenoxy) is 3. The summed E-state index contributed by atoms with van der Waals surface area (Å²) in [7, 11) is 1.34. The Morgan fingerprint density at radius 1 is 1.05 bits per heavy atom. The van der Waals surface area contributed by atoms with Gasteiger partial charge in [0.2, 0.25) is 0 Å². The Hall–Kier alpha value is -1.48. The van der Waals surface area contributed by atoms with Gasteiger partial charge in [-0.05, 0) is 12.1 Å². The van der Waals surface area contributed by atoms with Gasteiger partial charge in [-0.15, -0.1) is 0 Å². The number of rotatable bonds is 2. The second-order valence-corrected chi connectivity index (χ2v) is 3.95. The zero-order valence-corrected chi connectivity index (χ0v) is 9.88. The van der Waals surface area contributed by atoms with Crippen LogP contribution in [0.4, 0.5) is 26.3 Å². The fourth-order valence-corrected chi connectivity index (χ4v) is 1.58. The van der Waals surface area contributed by atoms with Crippen LogP contribution < -0.4 is 4.74 Å². The van der Waals surface area contributed by atoms with E-state index in [4.69, 9.17) is 4.74 Å². The monoisotopic (exact) mass is 302 g/mol. The summed E-state index contributed by atoms with van der Waals surface area (Å²) in [5.74, 6) is -4.86. The zero-order chi connectivity index (χ0) is 15.2. The third-order valence-electron chi connectivity index (χ3n) is 2.65. The van der Waals surface area contributed by atoms with Gasteiger partial charge in [-0.2, -0.15) is 26.3 Å². The van der Waals surface area contributed by atoms with Crippen molar-refractivity contribution in [3.63, 3.8) is 0 Å². The Morgan fingerprint density at radius 2 is 1.60 bits per heavy atom. The second kappa shape index (κ2) is 4.52. The maximum atomic E-state index is 13.4. The average molecular weight is 302 g/mol. The summed E-state index contributed by atoms with van der Waals surface area (Å²) in [6.45, 7) is 0. The minimum absolute atomic E-state index is 0.200. The molecule has 20 heavy (non-hydrogen) atoms. The number of methoxy groups -OCH3 is 1. The highest BCUT2D eigenvalue weighted by atomic mass is 19.4. The van der Waals surface area contributed by atoms with E-state index < -0.39 is 24.4 Å². The lowest BCUT2D eigenvalue weighted by Crippen LogP contribution is -2.53. The molecular formula is C11H8F6O3. The quantitative estimate of drug-likeness (QED) is 0.782. The van der Waals surface area contributed by atoms with E-state index in [2.05, 4.69) is 9.47 Å². The lowest BCUT2D eigenvalue weighted by atomic mass is 10.2. The molecule has 3 nitrogen and oxygen atoms in total.